The van der Waals surface area contributed by atoms with Gasteiger partial charge >= 0.3 is 5.97 Å². The minimum Gasteiger partial charge on any atom is -0.452 e. The summed E-state index contributed by atoms with van der Waals surface area (Å²) >= 11 is 5.80. The molecule has 0 atom stereocenters. The van der Waals surface area contributed by atoms with Crippen molar-refractivity contribution < 1.29 is 14.3 Å². The number of carbonyl (C=O) groups excluding carboxylic acids is 2. The molecule has 0 unspecified atom stereocenters. The summed E-state index contributed by atoms with van der Waals surface area (Å²) in [5.74, 6) is 1.89. The number of ether oxygens (including phenoxy) is 1. The van der Waals surface area contributed by atoms with Gasteiger partial charge in [-0.15, -0.1) is 0 Å². The highest BCUT2D eigenvalue weighted by molar-refractivity contribution is 6.30. The van der Waals surface area contributed by atoms with Gasteiger partial charge in [0, 0.05) is 11.6 Å². The molecule has 1 aromatic carbocycles. The number of halogens is 1. The van der Waals surface area contributed by atoms with E-state index in [1.165, 1.54) is 38.5 Å². The molecule has 4 aliphatic carbocycles. The van der Waals surface area contributed by atoms with E-state index in [1.807, 2.05) is 0 Å². The summed E-state index contributed by atoms with van der Waals surface area (Å²) < 4.78 is 5.11. The predicted octanol–water partition coefficient (Wildman–Crippen LogP) is 3.83. The third kappa shape index (κ3) is 3.69. The molecule has 1 N–H and O–H groups in total. The lowest BCUT2D eigenvalue weighted by molar-refractivity contribution is -0.126. The molecule has 0 saturated heterocycles. The van der Waals surface area contributed by atoms with Gasteiger partial charge in [0.15, 0.2) is 6.61 Å². The molecule has 4 fully saturated rings. The van der Waals surface area contributed by atoms with Gasteiger partial charge in [0.1, 0.15) is 0 Å². The van der Waals surface area contributed by atoms with Gasteiger partial charge in [-0.25, -0.2) is 4.79 Å². The maximum Gasteiger partial charge on any atom is 0.338 e. The van der Waals surface area contributed by atoms with E-state index in [-0.39, 0.29) is 12.5 Å². The first-order valence-corrected chi connectivity index (χ1v) is 9.58. The van der Waals surface area contributed by atoms with Gasteiger partial charge in [-0.05, 0) is 86.0 Å². The van der Waals surface area contributed by atoms with Gasteiger partial charge < -0.3 is 10.1 Å². The first-order valence-electron chi connectivity index (χ1n) is 9.21. The minimum atomic E-state index is -0.498. The van der Waals surface area contributed by atoms with Crippen LogP contribution >= 0.6 is 11.6 Å². The Labute approximate surface area is 153 Å². The first-order chi connectivity index (χ1) is 12.0. The maximum atomic E-state index is 12.1. The van der Waals surface area contributed by atoms with E-state index >= 15 is 0 Å². The second-order valence-electron chi connectivity index (χ2n) is 8.28. The Bertz CT molecular complexity index is 635. The van der Waals surface area contributed by atoms with E-state index < -0.39 is 5.97 Å². The molecule has 5 heteroatoms. The van der Waals surface area contributed by atoms with Crippen LogP contribution in [0.1, 0.15) is 48.9 Å². The SMILES string of the molecule is O=C(COC(=O)c1ccc(Cl)cc1)NCC12CC3CC(CC(C3)C1)C2. The van der Waals surface area contributed by atoms with Crippen LogP contribution in [0.15, 0.2) is 24.3 Å². The van der Waals surface area contributed by atoms with Crippen molar-refractivity contribution in [3.8, 4) is 0 Å². The van der Waals surface area contributed by atoms with Crippen molar-refractivity contribution in [1.29, 1.82) is 0 Å². The molecule has 0 spiro atoms. The Hall–Kier alpha value is -1.55. The van der Waals surface area contributed by atoms with Crippen LogP contribution in [0, 0.1) is 23.2 Å². The van der Waals surface area contributed by atoms with Crippen molar-refractivity contribution in [3.05, 3.63) is 34.9 Å². The van der Waals surface area contributed by atoms with E-state index in [2.05, 4.69) is 5.32 Å². The molecule has 0 aromatic heterocycles. The summed E-state index contributed by atoms with van der Waals surface area (Å²) in [6.07, 6.45) is 7.95. The number of hydrogen-bond donors (Lipinski definition) is 1. The predicted molar refractivity (Wildman–Crippen MR) is 95.3 cm³/mol. The number of esters is 1. The van der Waals surface area contributed by atoms with Crippen LogP contribution in [0.4, 0.5) is 0 Å². The van der Waals surface area contributed by atoms with Crippen LogP contribution in [-0.2, 0) is 9.53 Å². The quantitative estimate of drug-likeness (QED) is 0.811. The lowest BCUT2D eigenvalue weighted by Gasteiger charge is -2.56. The second kappa shape index (κ2) is 6.64. The molecule has 4 saturated carbocycles. The van der Waals surface area contributed by atoms with Crippen LogP contribution < -0.4 is 5.32 Å². The fourth-order valence-electron chi connectivity index (χ4n) is 5.64. The number of rotatable bonds is 5. The van der Waals surface area contributed by atoms with Crippen molar-refractivity contribution in [2.45, 2.75) is 38.5 Å². The molecule has 4 aliphatic rings. The van der Waals surface area contributed by atoms with E-state index in [4.69, 9.17) is 16.3 Å². The van der Waals surface area contributed by atoms with E-state index in [9.17, 15) is 9.59 Å². The van der Waals surface area contributed by atoms with E-state index in [0.29, 0.717) is 16.0 Å². The second-order valence-corrected chi connectivity index (χ2v) is 8.71. The topological polar surface area (TPSA) is 55.4 Å². The van der Waals surface area contributed by atoms with E-state index in [1.54, 1.807) is 24.3 Å². The fourth-order valence-corrected chi connectivity index (χ4v) is 5.77. The zero-order valence-corrected chi connectivity index (χ0v) is 15.1. The highest BCUT2D eigenvalue weighted by Gasteiger charge is 2.50. The average Bonchev–Trinajstić information content (AvgIpc) is 2.57. The number of carbonyl (C=O) groups is 2. The van der Waals surface area contributed by atoms with Gasteiger partial charge in [0.05, 0.1) is 5.56 Å². The largest absolute Gasteiger partial charge is 0.452 e. The molecule has 1 amide bonds. The minimum absolute atomic E-state index is 0.210. The monoisotopic (exact) mass is 361 g/mol. The normalized spacial score (nSPS) is 32.4. The van der Waals surface area contributed by atoms with Gasteiger partial charge in [0.25, 0.3) is 5.91 Å². The molecule has 0 aliphatic heterocycles. The average molecular weight is 362 g/mol. The number of amides is 1. The molecule has 134 valence electrons. The molecule has 5 rings (SSSR count). The summed E-state index contributed by atoms with van der Waals surface area (Å²) in [5.41, 5.74) is 0.697. The zero-order valence-electron chi connectivity index (χ0n) is 14.3. The van der Waals surface area contributed by atoms with Crippen LogP contribution in [-0.4, -0.2) is 25.0 Å². The van der Waals surface area contributed by atoms with Crippen molar-refractivity contribution in [1.82, 2.24) is 5.32 Å². The summed E-state index contributed by atoms with van der Waals surface area (Å²) in [7, 11) is 0. The van der Waals surface area contributed by atoms with Crippen LogP contribution in [0.5, 0.6) is 0 Å². The lowest BCUT2D eigenvalue weighted by Crippen LogP contribution is -2.51. The molecular weight excluding hydrogens is 338 g/mol. The zero-order chi connectivity index (χ0) is 17.4. The third-order valence-electron chi connectivity index (χ3n) is 6.24. The molecule has 0 heterocycles. The number of benzene rings is 1. The summed E-state index contributed by atoms with van der Waals surface area (Å²) in [4.78, 5) is 24.1. The Kier molecular flexibility index (Phi) is 4.48. The van der Waals surface area contributed by atoms with Crippen LogP contribution in [0.2, 0.25) is 5.02 Å². The van der Waals surface area contributed by atoms with Gasteiger partial charge in [-0.1, -0.05) is 11.6 Å². The highest BCUT2D eigenvalue weighted by atomic mass is 35.5. The lowest BCUT2D eigenvalue weighted by atomic mass is 9.49. The fraction of sp³-hybridized carbons (Fsp3) is 0.600. The first kappa shape index (κ1) is 16.9. The van der Waals surface area contributed by atoms with Crippen molar-refractivity contribution >= 4 is 23.5 Å². The molecule has 4 bridgehead atoms. The van der Waals surface area contributed by atoms with Gasteiger partial charge in [0.2, 0.25) is 0 Å². The van der Waals surface area contributed by atoms with Crippen molar-refractivity contribution in [3.63, 3.8) is 0 Å². The van der Waals surface area contributed by atoms with Gasteiger partial charge in [-0.2, -0.15) is 0 Å². The summed E-state index contributed by atoms with van der Waals surface area (Å²) in [6, 6.07) is 6.45. The number of hydrogen-bond acceptors (Lipinski definition) is 3. The molecule has 25 heavy (non-hydrogen) atoms. The maximum absolute atomic E-state index is 12.1. The van der Waals surface area contributed by atoms with Crippen molar-refractivity contribution in [2.75, 3.05) is 13.2 Å². The summed E-state index contributed by atoms with van der Waals surface area (Å²) in [6.45, 7) is 0.502. The molecular formula is C20H24ClNO3. The smallest absolute Gasteiger partial charge is 0.338 e. The highest BCUT2D eigenvalue weighted by Crippen LogP contribution is 2.59. The van der Waals surface area contributed by atoms with Crippen LogP contribution in [0.3, 0.4) is 0 Å². The summed E-state index contributed by atoms with van der Waals surface area (Å²) in [5, 5.41) is 3.58. The van der Waals surface area contributed by atoms with Crippen molar-refractivity contribution in [2.24, 2.45) is 23.2 Å². The standard InChI is InChI=1S/C20H24ClNO3/c21-17-3-1-16(2-4-17)19(24)25-11-18(23)22-12-20-8-13-5-14(9-20)7-15(6-13)10-20/h1-4,13-15H,5-12H2,(H,22,23). The van der Waals surface area contributed by atoms with Gasteiger partial charge in [-0.3, -0.25) is 4.79 Å². The Morgan fingerprint density at radius 2 is 1.60 bits per heavy atom. The Balaban J connectivity index is 1.26. The van der Waals surface area contributed by atoms with Crippen LogP contribution in [0.25, 0.3) is 0 Å². The molecule has 0 radical (unpaired) electrons. The Morgan fingerprint density at radius 3 is 2.16 bits per heavy atom. The Morgan fingerprint density at radius 1 is 1.04 bits per heavy atom. The number of nitrogens with one attached hydrogen (secondary N) is 1. The van der Waals surface area contributed by atoms with E-state index in [0.717, 1.165) is 24.3 Å². The molecule has 4 nitrogen and oxygen atoms in total. The third-order valence-corrected chi connectivity index (χ3v) is 6.49. The molecule has 1 aromatic rings.